The molecule has 2 rings (SSSR count). The summed E-state index contributed by atoms with van der Waals surface area (Å²) in [5, 5.41) is 16.5. The Balaban J connectivity index is 1.92. The lowest BCUT2D eigenvalue weighted by Gasteiger charge is -2.24. The van der Waals surface area contributed by atoms with Crippen LogP contribution in [0.5, 0.6) is 0 Å². The van der Waals surface area contributed by atoms with Crippen LogP contribution in [0.1, 0.15) is 31.4 Å². The third-order valence-electron chi connectivity index (χ3n) is 3.59. The van der Waals surface area contributed by atoms with Crippen LogP contribution in [-0.2, 0) is 4.79 Å². The van der Waals surface area contributed by atoms with Gasteiger partial charge in [-0.15, -0.1) is 0 Å². The number of rotatable bonds is 4. The minimum atomic E-state index is -0.789. The summed E-state index contributed by atoms with van der Waals surface area (Å²) < 4.78 is 0. The maximum absolute atomic E-state index is 12.1. The van der Waals surface area contributed by atoms with Crippen molar-refractivity contribution < 1.29 is 9.90 Å². The molecule has 1 aliphatic heterocycles. The third kappa shape index (κ3) is 3.26. The lowest BCUT2D eigenvalue weighted by atomic mass is 9.99. The number of benzene rings is 1. The minimum absolute atomic E-state index is 0.0731. The van der Waals surface area contributed by atoms with E-state index in [0.717, 1.165) is 19.4 Å². The number of carbonyl (C=O) groups excluding carboxylic acids is 1. The van der Waals surface area contributed by atoms with Crippen molar-refractivity contribution in [2.24, 2.45) is 0 Å². The van der Waals surface area contributed by atoms with Gasteiger partial charge in [0.05, 0.1) is 11.6 Å². The summed E-state index contributed by atoms with van der Waals surface area (Å²) in [6.07, 6.45) is 1.03. The molecule has 0 spiro atoms. The third-order valence-corrected chi connectivity index (χ3v) is 3.93. The monoisotopic (exact) mass is 282 g/mol. The second kappa shape index (κ2) is 5.90. The van der Waals surface area contributed by atoms with Crippen LogP contribution in [0, 0.1) is 0 Å². The number of hydrogen-bond acceptors (Lipinski definition) is 3. The molecule has 1 amide bonds. The molecule has 4 nitrogen and oxygen atoms in total. The summed E-state index contributed by atoms with van der Waals surface area (Å²) in [6.45, 7) is 2.91. The highest BCUT2D eigenvalue weighted by molar-refractivity contribution is 6.31. The second-order valence-corrected chi connectivity index (χ2v) is 5.52. The molecule has 3 N–H and O–H groups in total. The average Bonchev–Trinajstić information content (AvgIpc) is 2.84. The number of amides is 1. The molecule has 0 radical (unpaired) electrons. The molecule has 0 aromatic heterocycles. The van der Waals surface area contributed by atoms with E-state index in [1.54, 1.807) is 18.2 Å². The van der Waals surface area contributed by atoms with Crippen molar-refractivity contribution in [3.8, 4) is 0 Å². The predicted molar refractivity (Wildman–Crippen MR) is 75.1 cm³/mol. The summed E-state index contributed by atoms with van der Waals surface area (Å²) in [4.78, 5) is 12.1. The maximum Gasteiger partial charge on any atom is 0.240 e. The van der Waals surface area contributed by atoms with Crippen molar-refractivity contribution >= 4 is 17.5 Å². The topological polar surface area (TPSA) is 61.4 Å². The van der Waals surface area contributed by atoms with Crippen LogP contribution in [0.15, 0.2) is 24.3 Å². The first-order chi connectivity index (χ1) is 9.03. The normalized spacial score (nSPS) is 24.2. The molecule has 19 heavy (non-hydrogen) atoms. The Hall–Kier alpha value is -1.10. The van der Waals surface area contributed by atoms with E-state index in [1.165, 1.54) is 0 Å². The summed E-state index contributed by atoms with van der Waals surface area (Å²) >= 11 is 6.00. The Morgan fingerprint density at radius 3 is 2.95 bits per heavy atom. The van der Waals surface area contributed by atoms with Crippen molar-refractivity contribution in [1.29, 1.82) is 0 Å². The molecular formula is C14H19ClN2O2. The van der Waals surface area contributed by atoms with Gasteiger partial charge in [-0.3, -0.25) is 4.79 Å². The van der Waals surface area contributed by atoms with Gasteiger partial charge in [-0.1, -0.05) is 29.8 Å². The van der Waals surface area contributed by atoms with Crippen molar-refractivity contribution in [3.05, 3.63) is 34.9 Å². The fourth-order valence-corrected chi connectivity index (χ4v) is 2.59. The minimum Gasteiger partial charge on any atom is -0.387 e. The molecule has 0 bridgehead atoms. The Kier molecular flexibility index (Phi) is 4.45. The molecular weight excluding hydrogens is 264 g/mol. The van der Waals surface area contributed by atoms with Crippen molar-refractivity contribution in [2.75, 3.05) is 13.1 Å². The number of nitrogens with one attached hydrogen (secondary N) is 2. The predicted octanol–water partition coefficient (Wildman–Crippen LogP) is 1.63. The molecule has 2 atom stereocenters. The van der Waals surface area contributed by atoms with Gasteiger partial charge in [0.1, 0.15) is 0 Å². The van der Waals surface area contributed by atoms with Crippen LogP contribution in [0.2, 0.25) is 5.02 Å². The number of halogens is 1. The van der Waals surface area contributed by atoms with E-state index in [2.05, 4.69) is 10.6 Å². The summed E-state index contributed by atoms with van der Waals surface area (Å²) in [6, 6.07) is 7.10. The van der Waals surface area contributed by atoms with Gasteiger partial charge in [0, 0.05) is 17.1 Å². The van der Waals surface area contributed by atoms with Crippen LogP contribution in [0.3, 0.4) is 0 Å². The quantitative estimate of drug-likeness (QED) is 0.787. The first kappa shape index (κ1) is 14.3. The van der Waals surface area contributed by atoms with Gasteiger partial charge in [0.2, 0.25) is 5.91 Å². The number of aliphatic hydroxyl groups excluding tert-OH is 1. The molecule has 1 saturated heterocycles. The first-order valence-electron chi connectivity index (χ1n) is 6.49. The first-order valence-corrected chi connectivity index (χ1v) is 6.86. The molecule has 104 valence electrons. The zero-order chi connectivity index (χ0) is 13.9. The Bertz CT molecular complexity index is 459. The van der Waals surface area contributed by atoms with Gasteiger partial charge in [-0.25, -0.2) is 0 Å². The van der Waals surface area contributed by atoms with Crippen molar-refractivity contribution in [2.45, 2.75) is 31.4 Å². The van der Waals surface area contributed by atoms with Crippen molar-refractivity contribution in [1.82, 2.24) is 10.6 Å². The highest BCUT2D eigenvalue weighted by Gasteiger charge is 2.35. The summed E-state index contributed by atoms with van der Waals surface area (Å²) in [5.74, 6) is -0.0731. The molecule has 5 heteroatoms. The standard InChI is InChI=1S/C14H19ClN2O2/c1-14(7-4-8-17-14)13(19)16-9-12(18)10-5-2-3-6-11(10)15/h2-3,5-6,12,17-18H,4,7-9H2,1H3,(H,16,19). The number of carbonyl (C=O) groups is 1. The number of aliphatic hydroxyl groups is 1. The zero-order valence-corrected chi connectivity index (χ0v) is 11.7. The second-order valence-electron chi connectivity index (χ2n) is 5.11. The van der Waals surface area contributed by atoms with Crippen LogP contribution in [0.4, 0.5) is 0 Å². The lowest BCUT2D eigenvalue weighted by Crippen LogP contribution is -2.51. The average molecular weight is 283 g/mol. The largest absolute Gasteiger partial charge is 0.387 e. The van der Waals surface area contributed by atoms with E-state index in [9.17, 15) is 9.90 Å². The molecule has 1 heterocycles. The fourth-order valence-electron chi connectivity index (χ4n) is 2.33. The van der Waals surface area contributed by atoms with Crippen LogP contribution in [0.25, 0.3) is 0 Å². The van der Waals surface area contributed by atoms with Gasteiger partial charge >= 0.3 is 0 Å². The van der Waals surface area contributed by atoms with Gasteiger partial charge in [-0.05, 0) is 32.4 Å². The van der Waals surface area contributed by atoms with E-state index >= 15 is 0 Å². The van der Waals surface area contributed by atoms with Crippen LogP contribution in [-0.4, -0.2) is 29.6 Å². The summed E-state index contributed by atoms with van der Waals surface area (Å²) in [5.41, 5.74) is 0.120. The van der Waals surface area contributed by atoms with E-state index < -0.39 is 11.6 Å². The van der Waals surface area contributed by atoms with E-state index in [4.69, 9.17) is 11.6 Å². The van der Waals surface area contributed by atoms with Gasteiger partial charge in [0.15, 0.2) is 0 Å². The SMILES string of the molecule is CC1(C(=O)NCC(O)c2ccccc2Cl)CCCN1. The maximum atomic E-state index is 12.1. The van der Waals surface area contributed by atoms with E-state index in [-0.39, 0.29) is 12.5 Å². The Labute approximate surface area is 118 Å². The van der Waals surface area contributed by atoms with E-state index in [1.807, 2.05) is 13.0 Å². The molecule has 1 aliphatic rings. The highest BCUT2D eigenvalue weighted by Crippen LogP contribution is 2.23. The zero-order valence-electron chi connectivity index (χ0n) is 10.9. The van der Waals surface area contributed by atoms with Crippen LogP contribution < -0.4 is 10.6 Å². The number of hydrogen-bond donors (Lipinski definition) is 3. The molecule has 0 aliphatic carbocycles. The Morgan fingerprint density at radius 2 is 2.32 bits per heavy atom. The molecule has 1 fully saturated rings. The van der Waals surface area contributed by atoms with E-state index in [0.29, 0.717) is 10.6 Å². The molecule has 2 unspecified atom stereocenters. The molecule has 1 aromatic carbocycles. The van der Waals surface area contributed by atoms with Gasteiger partial charge in [-0.2, -0.15) is 0 Å². The fraction of sp³-hybridized carbons (Fsp3) is 0.500. The smallest absolute Gasteiger partial charge is 0.240 e. The molecule has 0 saturated carbocycles. The van der Waals surface area contributed by atoms with Gasteiger partial charge in [0.25, 0.3) is 0 Å². The van der Waals surface area contributed by atoms with Crippen molar-refractivity contribution in [3.63, 3.8) is 0 Å². The lowest BCUT2D eigenvalue weighted by molar-refractivity contribution is -0.127. The summed E-state index contributed by atoms with van der Waals surface area (Å²) in [7, 11) is 0. The van der Waals surface area contributed by atoms with Crippen LogP contribution >= 0.6 is 11.6 Å². The van der Waals surface area contributed by atoms with Gasteiger partial charge < -0.3 is 15.7 Å². The highest BCUT2D eigenvalue weighted by atomic mass is 35.5. The Morgan fingerprint density at radius 1 is 1.58 bits per heavy atom. The molecule has 1 aromatic rings.